The quantitative estimate of drug-likeness (QED) is 0.0935. The van der Waals surface area contributed by atoms with Crippen molar-refractivity contribution in [1.82, 2.24) is 19.5 Å². The second-order valence-electron chi connectivity index (χ2n) is 9.70. The Morgan fingerprint density at radius 2 is 1.55 bits per heavy atom. The van der Waals surface area contributed by atoms with Gasteiger partial charge in [-0.05, 0) is 6.42 Å². The van der Waals surface area contributed by atoms with Gasteiger partial charge in [-0.15, -0.1) is 0 Å². The fourth-order valence-corrected chi connectivity index (χ4v) is 6.47. The first-order valence-electron chi connectivity index (χ1n) is 13.1. The normalized spacial score (nSPS) is 32.7. The van der Waals surface area contributed by atoms with Gasteiger partial charge in [0.2, 0.25) is 0 Å². The molecule has 0 saturated carbocycles. The van der Waals surface area contributed by atoms with E-state index < -0.39 is 78.0 Å². The van der Waals surface area contributed by atoms with Crippen molar-refractivity contribution in [1.29, 1.82) is 0 Å². The average molecular weight is 643 g/mol. The molecule has 8 N–H and O–H groups in total. The number of nitrogens with zero attached hydrogens (tertiary/aromatic N) is 4. The molecule has 10 atom stereocenters. The smallest absolute Gasteiger partial charge is 0.387 e. The summed E-state index contributed by atoms with van der Waals surface area (Å²) in [6, 6.07) is 0. The number of aromatic nitrogens is 4. The van der Waals surface area contributed by atoms with Gasteiger partial charge in [0.1, 0.15) is 48.5 Å². The topological polar surface area (TPSA) is 281 Å². The van der Waals surface area contributed by atoms with Gasteiger partial charge in [0.05, 0.1) is 19.5 Å². The Hall–Kier alpha value is -1.67. The molecule has 2 fully saturated rings. The van der Waals surface area contributed by atoms with Crippen molar-refractivity contribution in [2.24, 2.45) is 0 Å². The van der Waals surface area contributed by atoms with Crippen LogP contribution >= 0.6 is 15.6 Å². The minimum atomic E-state index is -5.31. The maximum atomic E-state index is 12.4. The summed E-state index contributed by atoms with van der Waals surface area (Å²) in [7, 11) is -10.6. The number of anilines is 1. The lowest BCUT2D eigenvalue weighted by molar-refractivity contribution is -0.169. The molecule has 21 heteroatoms. The standard InChI is InChI=1S/C21H35N5O14P2/c1-2-3-4-5-6-35-21-17(30)15(28)12(39-21)8-37-42(33,34)40-41(31,32)36-7-11-14(27)16(29)20(38-11)26-10-25-13-18(22)23-9-24-19(13)26/h9-12,14-17,20-21,27-30H,2-8H2,1H3,(H,31,32)(H,33,34)(H2,22,23,24)/t11-,12-,14-,15-,16-,17-,20-,21-/m1/s1. The molecule has 2 unspecified atom stereocenters. The van der Waals surface area contributed by atoms with Gasteiger partial charge in [0, 0.05) is 6.61 Å². The Kier molecular flexibility index (Phi) is 11.0. The highest BCUT2D eigenvalue weighted by Gasteiger charge is 2.47. The number of imidazole rings is 1. The van der Waals surface area contributed by atoms with Crippen molar-refractivity contribution in [2.45, 2.75) is 81.7 Å². The maximum Gasteiger partial charge on any atom is 0.481 e. The molecular weight excluding hydrogens is 608 g/mol. The minimum absolute atomic E-state index is 0.0665. The van der Waals surface area contributed by atoms with Crippen molar-refractivity contribution < 1.29 is 66.9 Å². The molecule has 2 saturated heterocycles. The first kappa shape index (κ1) is 33.2. The first-order valence-corrected chi connectivity index (χ1v) is 16.1. The molecule has 2 aliphatic heterocycles. The van der Waals surface area contributed by atoms with Gasteiger partial charge in [0.25, 0.3) is 0 Å². The third kappa shape index (κ3) is 7.88. The molecular formula is C21H35N5O14P2. The number of phosphoric ester groups is 2. The van der Waals surface area contributed by atoms with E-state index in [4.69, 9.17) is 24.5 Å². The Morgan fingerprint density at radius 1 is 0.905 bits per heavy atom. The second kappa shape index (κ2) is 14.0. The van der Waals surface area contributed by atoms with Crippen LogP contribution in [-0.4, -0.2) is 112 Å². The van der Waals surface area contributed by atoms with Crippen LogP contribution in [0.3, 0.4) is 0 Å². The molecule has 0 aromatic carbocycles. The van der Waals surface area contributed by atoms with E-state index in [-0.39, 0.29) is 23.6 Å². The SMILES string of the molecule is CCCCCCO[C@@H]1O[C@H](COP(=O)(O)OP(=O)(O)OC[C@H]2O[C@@H](n3cnc4c(N)ncnc43)[C@H](O)[C@@H]2O)[C@@H](O)[C@H]1O. The fraction of sp³-hybridized carbons (Fsp3) is 0.762. The van der Waals surface area contributed by atoms with Crippen LogP contribution in [0.15, 0.2) is 12.7 Å². The third-order valence-corrected chi connectivity index (χ3v) is 9.21. The summed E-state index contributed by atoms with van der Waals surface area (Å²) < 4.78 is 55.9. The summed E-state index contributed by atoms with van der Waals surface area (Å²) in [6.07, 6.45) is -5.32. The molecule has 19 nitrogen and oxygen atoms in total. The van der Waals surface area contributed by atoms with E-state index in [0.29, 0.717) is 6.42 Å². The van der Waals surface area contributed by atoms with Crippen LogP contribution in [-0.2, 0) is 36.7 Å². The molecule has 0 aliphatic carbocycles. The molecule has 238 valence electrons. The van der Waals surface area contributed by atoms with E-state index in [1.807, 2.05) is 6.92 Å². The van der Waals surface area contributed by atoms with Crippen molar-refractivity contribution >= 4 is 32.6 Å². The first-order chi connectivity index (χ1) is 19.8. The summed E-state index contributed by atoms with van der Waals surface area (Å²) in [6.45, 7) is 0.630. The zero-order valence-electron chi connectivity index (χ0n) is 22.4. The second-order valence-corrected chi connectivity index (χ2v) is 12.7. The van der Waals surface area contributed by atoms with Crippen molar-refractivity contribution in [3.63, 3.8) is 0 Å². The van der Waals surface area contributed by atoms with E-state index in [9.17, 15) is 39.3 Å². The van der Waals surface area contributed by atoms with Gasteiger partial charge in [-0.3, -0.25) is 13.6 Å². The number of fused-ring (bicyclic) bond motifs is 1. The number of unbranched alkanes of at least 4 members (excludes halogenated alkanes) is 3. The fourth-order valence-electron chi connectivity index (χ4n) is 4.38. The molecule has 2 aromatic heterocycles. The molecule has 2 aromatic rings. The summed E-state index contributed by atoms with van der Waals surface area (Å²) in [5, 5.41) is 41.1. The van der Waals surface area contributed by atoms with Crippen molar-refractivity contribution in [3.05, 3.63) is 12.7 Å². The Balaban J connectivity index is 1.26. The van der Waals surface area contributed by atoms with Gasteiger partial charge in [0.15, 0.2) is 24.0 Å². The number of aliphatic hydroxyl groups is 4. The zero-order chi connectivity index (χ0) is 30.7. The van der Waals surface area contributed by atoms with Crippen LogP contribution in [0.25, 0.3) is 11.2 Å². The van der Waals surface area contributed by atoms with E-state index in [2.05, 4.69) is 23.8 Å². The largest absolute Gasteiger partial charge is 0.481 e. The minimum Gasteiger partial charge on any atom is -0.387 e. The third-order valence-electron chi connectivity index (χ3n) is 6.61. The predicted octanol–water partition coefficient (Wildman–Crippen LogP) is -0.678. The lowest BCUT2D eigenvalue weighted by atomic mass is 10.1. The van der Waals surface area contributed by atoms with E-state index in [1.165, 1.54) is 10.9 Å². The number of phosphoric acid groups is 2. The maximum absolute atomic E-state index is 12.4. The van der Waals surface area contributed by atoms with Crippen molar-refractivity contribution in [3.8, 4) is 0 Å². The van der Waals surface area contributed by atoms with Crippen LogP contribution in [0.5, 0.6) is 0 Å². The van der Waals surface area contributed by atoms with E-state index in [0.717, 1.165) is 25.6 Å². The van der Waals surface area contributed by atoms with Gasteiger partial charge in [-0.25, -0.2) is 24.1 Å². The number of hydrogen-bond acceptors (Lipinski definition) is 16. The number of nitrogen functional groups attached to an aromatic ring is 1. The van der Waals surface area contributed by atoms with Crippen LogP contribution < -0.4 is 5.73 Å². The Labute approximate surface area is 239 Å². The molecule has 0 radical (unpaired) electrons. The summed E-state index contributed by atoms with van der Waals surface area (Å²) >= 11 is 0. The van der Waals surface area contributed by atoms with Gasteiger partial charge in [-0.1, -0.05) is 26.2 Å². The number of aliphatic hydroxyl groups excluding tert-OH is 4. The van der Waals surface area contributed by atoms with Crippen LogP contribution in [0.1, 0.15) is 38.8 Å². The van der Waals surface area contributed by atoms with Gasteiger partial charge >= 0.3 is 15.6 Å². The van der Waals surface area contributed by atoms with Crippen LogP contribution in [0.2, 0.25) is 0 Å². The monoisotopic (exact) mass is 643 g/mol. The number of hydrogen-bond donors (Lipinski definition) is 7. The predicted molar refractivity (Wildman–Crippen MR) is 139 cm³/mol. The average Bonchev–Trinajstić information content (AvgIpc) is 3.56. The Morgan fingerprint density at radius 3 is 2.21 bits per heavy atom. The van der Waals surface area contributed by atoms with Crippen molar-refractivity contribution in [2.75, 3.05) is 25.6 Å². The highest BCUT2D eigenvalue weighted by Crippen LogP contribution is 2.60. The summed E-state index contributed by atoms with van der Waals surface area (Å²) in [5.41, 5.74) is 6.14. The summed E-state index contributed by atoms with van der Waals surface area (Å²) in [5.74, 6) is 0.0665. The highest BCUT2D eigenvalue weighted by atomic mass is 31.3. The number of rotatable bonds is 15. The molecule has 4 heterocycles. The molecule has 0 amide bonds. The van der Waals surface area contributed by atoms with Crippen LogP contribution in [0.4, 0.5) is 5.82 Å². The lowest BCUT2D eigenvalue weighted by Crippen LogP contribution is -2.35. The highest BCUT2D eigenvalue weighted by molar-refractivity contribution is 7.61. The summed E-state index contributed by atoms with van der Waals surface area (Å²) in [4.78, 5) is 31.8. The Bertz CT molecular complexity index is 1290. The molecule has 0 spiro atoms. The van der Waals surface area contributed by atoms with E-state index >= 15 is 0 Å². The van der Waals surface area contributed by atoms with Gasteiger partial charge in [-0.2, -0.15) is 4.31 Å². The number of ether oxygens (including phenoxy) is 3. The van der Waals surface area contributed by atoms with E-state index in [1.54, 1.807) is 0 Å². The van der Waals surface area contributed by atoms with Crippen LogP contribution in [0, 0.1) is 0 Å². The molecule has 42 heavy (non-hydrogen) atoms. The molecule has 0 bridgehead atoms. The number of nitrogens with two attached hydrogens (primary N) is 1. The van der Waals surface area contributed by atoms with Gasteiger partial charge < -0.3 is 50.2 Å². The molecule has 2 aliphatic rings. The molecule has 4 rings (SSSR count). The lowest BCUT2D eigenvalue weighted by Gasteiger charge is -2.20. The zero-order valence-corrected chi connectivity index (χ0v) is 24.2.